The van der Waals surface area contributed by atoms with E-state index in [0.717, 1.165) is 24.9 Å². The molecule has 0 N–H and O–H groups in total. The lowest BCUT2D eigenvalue weighted by molar-refractivity contribution is 0.0847. The summed E-state index contributed by atoms with van der Waals surface area (Å²) in [5.74, 6) is 0. The van der Waals surface area contributed by atoms with Crippen LogP contribution in [0, 0.1) is 0 Å². The molecule has 1 aromatic carbocycles. The molecule has 2 rings (SSSR count). The van der Waals surface area contributed by atoms with Crippen LogP contribution in [-0.4, -0.2) is 28.8 Å². The molecule has 0 aliphatic carbocycles. The van der Waals surface area contributed by atoms with Gasteiger partial charge in [-0.05, 0) is 25.3 Å². The van der Waals surface area contributed by atoms with E-state index < -0.39 is 0 Å². The Bertz CT molecular complexity index is 406. The predicted octanol–water partition coefficient (Wildman–Crippen LogP) is 3.11. The standard InChI is InChI=1S/C14H19NO2S/c1-14(18)8-5-9-15(11-14)13(16)17-10-12-6-3-2-4-7-12/h2-4,6-7,18H,5,8-11H2,1H3/t14-/m0/s1. The van der Waals surface area contributed by atoms with Crippen molar-refractivity contribution >= 4 is 18.7 Å². The summed E-state index contributed by atoms with van der Waals surface area (Å²) in [6.07, 6.45) is 1.79. The second-order valence-electron chi connectivity index (χ2n) is 5.06. The minimum atomic E-state index is -0.237. The van der Waals surface area contributed by atoms with Gasteiger partial charge in [0.2, 0.25) is 0 Å². The number of thiol groups is 1. The second-order valence-corrected chi connectivity index (χ2v) is 6.14. The lowest BCUT2D eigenvalue weighted by atomic mass is 10.00. The molecule has 0 bridgehead atoms. The number of nitrogens with zero attached hydrogens (tertiary/aromatic N) is 1. The summed E-state index contributed by atoms with van der Waals surface area (Å²) in [6.45, 7) is 3.82. The van der Waals surface area contributed by atoms with Crippen LogP contribution in [0.2, 0.25) is 0 Å². The van der Waals surface area contributed by atoms with Crippen LogP contribution in [0.4, 0.5) is 4.79 Å². The van der Waals surface area contributed by atoms with E-state index >= 15 is 0 Å². The van der Waals surface area contributed by atoms with Gasteiger partial charge in [-0.15, -0.1) is 0 Å². The highest BCUT2D eigenvalue weighted by molar-refractivity contribution is 7.81. The van der Waals surface area contributed by atoms with E-state index in [1.807, 2.05) is 30.3 Å². The van der Waals surface area contributed by atoms with Gasteiger partial charge in [0.25, 0.3) is 0 Å². The first-order chi connectivity index (χ1) is 8.57. The van der Waals surface area contributed by atoms with Crippen LogP contribution in [0.1, 0.15) is 25.3 Å². The molecule has 4 heteroatoms. The number of carbonyl (C=O) groups is 1. The van der Waals surface area contributed by atoms with Crippen LogP contribution in [0.5, 0.6) is 0 Å². The average Bonchev–Trinajstić information content (AvgIpc) is 2.36. The van der Waals surface area contributed by atoms with Crippen LogP contribution >= 0.6 is 12.6 Å². The Hall–Kier alpha value is -1.16. The van der Waals surface area contributed by atoms with Crippen molar-refractivity contribution in [1.29, 1.82) is 0 Å². The van der Waals surface area contributed by atoms with Crippen molar-refractivity contribution in [2.45, 2.75) is 31.1 Å². The lowest BCUT2D eigenvalue weighted by Gasteiger charge is -2.36. The highest BCUT2D eigenvalue weighted by atomic mass is 32.1. The molecule has 18 heavy (non-hydrogen) atoms. The highest BCUT2D eigenvalue weighted by Gasteiger charge is 2.30. The molecule has 1 heterocycles. The minimum absolute atomic E-state index is 0.0932. The molecule has 1 saturated heterocycles. The molecule has 3 nitrogen and oxygen atoms in total. The Morgan fingerprint density at radius 2 is 2.17 bits per heavy atom. The minimum Gasteiger partial charge on any atom is -0.445 e. The number of benzene rings is 1. The zero-order valence-corrected chi connectivity index (χ0v) is 11.5. The van der Waals surface area contributed by atoms with Gasteiger partial charge in [0, 0.05) is 17.8 Å². The summed E-state index contributed by atoms with van der Waals surface area (Å²) in [5.41, 5.74) is 1.01. The van der Waals surface area contributed by atoms with Gasteiger partial charge in [0.15, 0.2) is 0 Å². The van der Waals surface area contributed by atoms with Crippen molar-refractivity contribution < 1.29 is 9.53 Å². The number of likely N-dealkylation sites (tertiary alicyclic amines) is 1. The van der Waals surface area contributed by atoms with Crippen LogP contribution in [-0.2, 0) is 11.3 Å². The van der Waals surface area contributed by atoms with Gasteiger partial charge < -0.3 is 9.64 Å². The average molecular weight is 265 g/mol. The van der Waals surface area contributed by atoms with Crippen molar-refractivity contribution in [3.05, 3.63) is 35.9 Å². The third-order valence-electron chi connectivity index (χ3n) is 3.14. The van der Waals surface area contributed by atoms with E-state index in [1.54, 1.807) is 4.90 Å². The molecule has 1 aromatic rings. The first-order valence-corrected chi connectivity index (χ1v) is 6.70. The smallest absolute Gasteiger partial charge is 0.410 e. The molecular weight excluding hydrogens is 246 g/mol. The van der Waals surface area contributed by atoms with Crippen molar-refractivity contribution in [3.8, 4) is 0 Å². The van der Waals surface area contributed by atoms with E-state index in [1.165, 1.54) is 0 Å². The first-order valence-electron chi connectivity index (χ1n) is 6.25. The summed E-state index contributed by atoms with van der Waals surface area (Å²) in [7, 11) is 0. The van der Waals surface area contributed by atoms with Crippen molar-refractivity contribution in [3.63, 3.8) is 0 Å². The molecule has 1 amide bonds. The molecule has 1 atom stereocenters. The zero-order chi connectivity index (χ0) is 13.0. The summed E-state index contributed by atoms with van der Waals surface area (Å²) in [6, 6.07) is 9.73. The number of rotatable bonds is 2. The number of amides is 1. The molecule has 0 saturated carbocycles. The molecular formula is C14H19NO2S. The van der Waals surface area contributed by atoms with Crippen molar-refractivity contribution in [1.82, 2.24) is 4.90 Å². The maximum Gasteiger partial charge on any atom is 0.410 e. The van der Waals surface area contributed by atoms with Crippen LogP contribution in [0.15, 0.2) is 30.3 Å². The van der Waals surface area contributed by atoms with Gasteiger partial charge in [-0.2, -0.15) is 12.6 Å². The molecule has 0 unspecified atom stereocenters. The third-order valence-corrected chi connectivity index (χ3v) is 3.50. The first kappa shape index (κ1) is 13.3. The van der Waals surface area contributed by atoms with Gasteiger partial charge >= 0.3 is 6.09 Å². The number of ether oxygens (including phenoxy) is 1. The fourth-order valence-electron chi connectivity index (χ4n) is 2.19. The quantitative estimate of drug-likeness (QED) is 0.833. The zero-order valence-electron chi connectivity index (χ0n) is 10.6. The monoisotopic (exact) mass is 265 g/mol. The largest absolute Gasteiger partial charge is 0.445 e. The van der Waals surface area contributed by atoms with Crippen LogP contribution < -0.4 is 0 Å². The van der Waals surface area contributed by atoms with E-state index in [2.05, 4.69) is 19.6 Å². The summed E-state index contributed by atoms with van der Waals surface area (Å²) in [4.78, 5) is 13.7. The molecule has 1 aliphatic heterocycles. The van der Waals surface area contributed by atoms with Gasteiger partial charge in [-0.1, -0.05) is 30.3 Å². The number of carbonyl (C=O) groups excluding carboxylic acids is 1. The SMILES string of the molecule is C[C@]1(S)CCCN(C(=O)OCc2ccccc2)C1. The van der Waals surface area contributed by atoms with Crippen molar-refractivity contribution in [2.75, 3.05) is 13.1 Å². The molecule has 1 aliphatic rings. The normalized spacial score (nSPS) is 23.8. The fourth-order valence-corrected chi connectivity index (χ4v) is 2.52. The number of hydrogen-bond acceptors (Lipinski definition) is 3. The maximum absolute atomic E-state index is 11.9. The summed E-state index contributed by atoms with van der Waals surface area (Å²) in [5, 5.41) is 0. The number of piperidine rings is 1. The summed E-state index contributed by atoms with van der Waals surface area (Å²) >= 11 is 4.56. The second kappa shape index (κ2) is 5.65. The molecule has 0 spiro atoms. The van der Waals surface area contributed by atoms with Gasteiger partial charge in [-0.25, -0.2) is 4.79 Å². The fraction of sp³-hybridized carbons (Fsp3) is 0.500. The van der Waals surface area contributed by atoms with E-state index in [-0.39, 0.29) is 10.8 Å². The maximum atomic E-state index is 11.9. The Balaban J connectivity index is 1.85. The van der Waals surface area contributed by atoms with Crippen LogP contribution in [0.25, 0.3) is 0 Å². The van der Waals surface area contributed by atoms with Gasteiger partial charge in [0.1, 0.15) is 6.61 Å². The van der Waals surface area contributed by atoms with E-state index in [0.29, 0.717) is 13.2 Å². The Morgan fingerprint density at radius 1 is 1.44 bits per heavy atom. The predicted molar refractivity (Wildman–Crippen MR) is 74.8 cm³/mol. The van der Waals surface area contributed by atoms with Gasteiger partial charge in [-0.3, -0.25) is 0 Å². The van der Waals surface area contributed by atoms with E-state index in [4.69, 9.17) is 4.74 Å². The third kappa shape index (κ3) is 3.67. The summed E-state index contributed by atoms with van der Waals surface area (Å²) < 4.78 is 5.22. The Labute approximate surface area is 114 Å². The molecule has 98 valence electrons. The molecule has 0 radical (unpaired) electrons. The topological polar surface area (TPSA) is 29.5 Å². The number of hydrogen-bond donors (Lipinski definition) is 1. The Morgan fingerprint density at radius 3 is 2.83 bits per heavy atom. The Kier molecular flexibility index (Phi) is 4.17. The molecule has 1 fully saturated rings. The van der Waals surface area contributed by atoms with E-state index in [9.17, 15) is 4.79 Å². The highest BCUT2D eigenvalue weighted by Crippen LogP contribution is 2.27. The lowest BCUT2D eigenvalue weighted by Crippen LogP contribution is -2.46. The van der Waals surface area contributed by atoms with Crippen molar-refractivity contribution in [2.24, 2.45) is 0 Å². The molecule has 0 aromatic heterocycles. The van der Waals surface area contributed by atoms with Gasteiger partial charge in [0.05, 0.1) is 0 Å². The van der Waals surface area contributed by atoms with Crippen LogP contribution in [0.3, 0.4) is 0 Å².